The van der Waals surface area contributed by atoms with E-state index in [4.69, 9.17) is 19.9 Å². The zero-order chi connectivity index (χ0) is 19.3. The van der Waals surface area contributed by atoms with Gasteiger partial charge >= 0.3 is 0 Å². The van der Waals surface area contributed by atoms with Crippen molar-refractivity contribution >= 4 is 5.91 Å². The molecule has 1 fully saturated rings. The van der Waals surface area contributed by atoms with Gasteiger partial charge in [-0.3, -0.25) is 4.79 Å². The number of amides is 1. The van der Waals surface area contributed by atoms with Crippen molar-refractivity contribution < 1.29 is 19.0 Å². The van der Waals surface area contributed by atoms with Crippen LogP contribution in [0.4, 0.5) is 0 Å². The van der Waals surface area contributed by atoms with Crippen LogP contribution in [-0.2, 0) is 16.0 Å². The summed E-state index contributed by atoms with van der Waals surface area (Å²) in [7, 11) is 3.23. The number of carbonyl (C=O) groups excluding carboxylic acids is 1. The molecule has 0 bridgehead atoms. The van der Waals surface area contributed by atoms with E-state index in [1.807, 2.05) is 36.4 Å². The lowest BCUT2D eigenvalue weighted by Crippen LogP contribution is -2.59. The Labute approximate surface area is 160 Å². The fraction of sp³-hybridized carbons (Fsp3) is 0.476. The summed E-state index contributed by atoms with van der Waals surface area (Å²) in [6.45, 7) is 1.45. The Morgan fingerprint density at radius 1 is 1.22 bits per heavy atom. The second-order valence-electron chi connectivity index (χ2n) is 7.06. The van der Waals surface area contributed by atoms with Gasteiger partial charge in [0.2, 0.25) is 5.91 Å². The highest BCUT2D eigenvalue weighted by Gasteiger charge is 2.41. The molecule has 1 amide bonds. The van der Waals surface area contributed by atoms with E-state index in [1.165, 1.54) is 0 Å². The molecular formula is C21H28N2O4. The van der Waals surface area contributed by atoms with Gasteiger partial charge in [0.15, 0.2) is 11.5 Å². The first-order chi connectivity index (χ1) is 13.1. The zero-order valence-corrected chi connectivity index (χ0v) is 15.9. The molecule has 1 heterocycles. The van der Waals surface area contributed by atoms with Gasteiger partial charge in [0, 0.05) is 19.3 Å². The number of ether oxygens (including phenoxy) is 3. The van der Waals surface area contributed by atoms with Crippen LogP contribution in [0, 0.1) is 5.92 Å². The summed E-state index contributed by atoms with van der Waals surface area (Å²) in [5.74, 6) is 0.578. The molecule has 27 heavy (non-hydrogen) atoms. The van der Waals surface area contributed by atoms with Gasteiger partial charge in [-0.2, -0.15) is 0 Å². The Morgan fingerprint density at radius 3 is 2.63 bits per heavy atom. The van der Waals surface area contributed by atoms with E-state index < -0.39 is 11.5 Å². The molecule has 3 rings (SSSR count). The van der Waals surface area contributed by atoms with Crippen molar-refractivity contribution in [3.8, 4) is 11.5 Å². The fourth-order valence-electron chi connectivity index (χ4n) is 3.93. The van der Waals surface area contributed by atoms with Crippen LogP contribution < -0.4 is 20.5 Å². The Balaban J connectivity index is 1.93. The van der Waals surface area contributed by atoms with Crippen LogP contribution in [0.3, 0.4) is 0 Å². The summed E-state index contributed by atoms with van der Waals surface area (Å²) in [5, 5.41) is 3.73. The van der Waals surface area contributed by atoms with Gasteiger partial charge < -0.3 is 25.3 Å². The van der Waals surface area contributed by atoms with Crippen LogP contribution in [0.25, 0.3) is 0 Å². The Kier molecular flexibility index (Phi) is 6.19. The molecule has 2 atom stereocenters. The fourth-order valence-corrected chi connectivity index (χ4v) is 3.93. The zero-order valence-electron chi connectivity index (χ0n) is 15.9. The first-order valence-corrected chi connectivity index (χ1v) is 9.29. The van der Waals surface area contributed by atoms with E-state index in [0.717, 1.165) is 31.6 Å². The predicted molar refractivity (Wildman–Crippen MR) is 104 cm³/mol. The molecule has 1 aromatic carbocycles. The highest BCUT2D eigenvalue weighted by molar-refractivity contribution is 5.81. The van der Waals surface area contributed by atoms with Crippen LogP contribution in [-0.4, -0.2) is 44.9 Å². The molecule has 2 unspecified atom stereocenters. The summed E-state index contributed by atoms with van der Waals surface area (Å²) in [6, 6.07) is 6.12. The van der Waals surface area contributed by atoms with Gasteiger partial charge in [-0.15, -0.1) is 0 Å². The highest BCUT2D eigenvalue weighted by atomic mass is 16.5. The molecule has 1 aromatic rings. The third-order valence-corrected chi connectivity index (χ3v) is 5.31. The van der Waals surface area contributed by atoms with Crippen molar-refractivity contribution in [3.05, 3.63) is 48.1 Å². The van der Waals surface area contributed by atoms with Gasteiger partial charge in [0.1, 0.15) is 0 Å². The van der Waals surface area contributed by atoms with Crippen LogP contribution in [0.5, 0.6) is 11.5 Å². The predicted octanol–water partition coefficient (Wildman–Crippen LogP) is 1.98. The number of rotatable bonds is 7. The van der Waals surface area contributed by atoms with Crippen molar-refractivity contribution in [2.45, 2.75) is 30.8 Å². The minimum Gasteiger partial charge on any atom is -0.493 e. The van der Waals surface area contributed by atoms with E-state index in [-0.39, 0.29) is 11.9 Å². The lowest BCUT2D eigenvalue weighted by Gasteiger charge is -2.42. The number of nitrogens with one attached hydrogen (secondary N) is 1. The van der Waals surface area contributed by atoms with Crippen LogP contribution >= 0.6 is 0 Å². The maximum Gasteiger partial charge on any atom is 0.226 e. The molecule has 2 aliphatic rings. The SMILES string of the molecule is COc1ccc(CC2(NC3CCOCC3)C=CC=CC2C(N)=O)cc1OC. The Morgan fingerprint density at radius 2 is 1.96 bits per heavy atom. The Hall–Kier alpha value is -2.31. The average Bonchev–Trinajstić information content (AvgIpc) is 2.68. The average molecular weight is 372 g/mol. The number of hydrogen-bond donors (Lipinski definition) is 2. The Bertz CT molecular complexity index is 725. The quantitative estimate of drug-likeness (QED) is 0.765. The number of hydrogen-bond acceptors (Lipinski definition) is 5. The van der Waals surface area contributed by atoms with Gasteiger partial charge in [-0.05, 0) is 37.0 Å². The van der Waals surface area contributed by atoms with Crippen molar-refractivity contribution in [2.75, 3.05) is 27.4 Å². The number of nitrogens with two attached hydrogens (primary N) is 1. The number of benzene rings is 1. The maximum atomic E-state index is 12.3. The number of primary amides is 1. The van der Waals surface area contributed by atoms with Crippen molar-refractivity contribution in [1.82, 2.24) is 5.32 Å². The molecule has 1 saturated heterocycles. The molecular weight excluding hydrogens is 344 g/mol. The van der Waals surface area contributed by atoms with Gasteiger partial charge in [-0.1, -0.05) is 30.4 Å². The molecule has 6 heteroatoms. The molecule has 0 radical (unpaired) electrons. The lowest BCUT2D eigenvalue weighted by molar-refractivity contribution is -0.122. The standard InChI is InChI=1S/C21H28N2O4/c1-25-18-7-6-15(13-19(18)26-2)14-21(23-16-8-11-27-12-9-16)10-4-3-5-17(21)20(22)24/h3-7,10,13,16-17,23H,8-9,11-12,14H2,1-2H3,(H2,22,24). The number of carbonyl (C=O) groups is 1. The topological polar surface area (TPSA) is 82.8 Å². The molecule has 3 N–H and O–H groups in total. The summed E-state index contributed by atoms with van der Waals surface area (Å²) in [4.78, 5) is 12.3. The molecule has 1 aliphatic carbocycles. The first kappa shape index (κ1) is 19.5. The summed E-state index contributed by atoms with van der Waals surface area (Å²) in [5.41, 5.74) is 6.23. The molecule has 0 spiro atoms. The van der Waals surface area contributed by atoms with E-state index in [1.54, 1.807) is 14.2 Å². The van der Waals surface area contributed by atoms with E-state index in [2.05, 4.69) is 11.4 Å². The van der Waals surface area contributed by atoms with E-state index in [0.29, 0.717) is 17.9 Å². The van der Waals surface area contributed by atoms with E-state index >= 15 is 0 Å². The second-order valence-corrected chi connectivity index (χ2v) is 7.06. The molecule has 6 nitrogen and oxygen atoms in total. The van der Waals surface area contributed by atoms with Crippen molar-refractivity contribution in [3.63, 3.8) is 0 Å². The third kappa shape index (κ3) is 4.34. The number of methoxy groups -OCH3 is 2. The van der Waals surface area contributed by atoms with Gasteiger partial charge in [-0.25, -0.2) is 0 Å². The van der Waals surface area contributed by atoms with Gasteiger partial charge in [0.25, 0.3) is 0 Å². The van der Waals surface area contributed by atoms with Crippen LogP contribution in [0.15, 0.2) is 42.5 Å². The summed E-state index contributed by atoms with van der Waals surface area (Å²) in [6.07, 6.45) is 10.2. The summed E-state index contributed by atoms with van der Waals surface area (Å²) >= 11 is 0. The summed E-state index contributed by atoms with van der Waals surface area (Å²) < 4.78 is 16.2. The smallest absolute Gasteiger partial charge is 0.226 e. The first-order valence-electron chi connectivity index (χ1n) is 9.29. The molecule has 146 valence electrons. The van der Waals surface area contributed by atoms with Gasteiger partial charge in [0.05, 0.1) is 25.7 Å². The van der Waals surface area contributed by atoms with Crippen molar-refractivity contribution in [1.29, 1.82) is 0 Å². The molecule has 0 saturated carbocycles. The minimum absolute atomic E-state index is 0.275. The monoisotopic (exact) mass is 372 g/mol. The lowest BCUT2D eigenvalue weighted by atomic mass is 9.75. The van der Waals surface area contributed by atoms with Crippen molar-refractivity contribution in [2.24, 2.45) is 11.7 Å². The normalized spacial score (nSPS) is 25.3. The largest absolute Gasteiger partial charge is 0.493 e. The third-order valence-electron chi connectivity index (χ3n) is 5.31. The maximum absolute atomic E-state index is 12.3. The minimum atomic E-state index is -0.581. The second kappa shape index (κ2) is 8.59. The highest BCUT2D eigenvalue weighted by Crippen LogP contribution is 2.34. The van der Waals surface area contributed by atoms with Crippen LogP contribution in [0.2, 0.25) is 0 Å². The molecule has 0 aromatic heterocycles. The molecule has 1 aliphatic heterocycles. The van der Waals surface area contributed by atoms with E-state index in [9.17, 15) is 4.79 Å². The van der Waals surface area contributed by atoms with Crippen LogP contribution in [0.1, 0.15) is 18.4 Å². The number of allylic oxidation sites excluding steroid dienone is 2.